The molecule has 2 aliphatic heterocycles. The smallest absolute Gasteiger partial charge is 0.246 e. The number of hydrogen-bond acceptors (Lipinski definition) is 5. The Bertz CT molecular complexity index is 940. The minimum Gasteiger partial charge on any atom is -0.347 e. The normalized spacial score (nSPS) is 28.5. The molecule has 1 aliphatic carbocycles. The van der Waals surface area contributed by atoms with Crippen LogP contribution >= 0.6 is 11.8 Å². The van der Waals surface area contributed by atoms with Gasteiger partial charge in [-0.2, -0.15) is 0 Å². The Morgan fingerprint density at radius 2 is 2.00 bits per heavy atom. The first-order chi connectivity index (χ1) is 15.7. The Morgan fingerprint density at radius 3 is 2.76 bits per heavy atom. The third-order valence-corrected chi connectivity index (χ3v) is 8.21. The molecule has 0 aromatic heterocycles. The van der Waals surface area contributed by atoms with E-state index >= 15 is 0 Å². The first-order valence-corrected chi connectivity index (χ1v) is 12.7. The van der Waals surface area contributed by atoms with E-state index in [-0.39, 0.29) is 41.5 Å². The van der Waals surface area contributed by atoms with E-state index in [1.807, 2.05) is 13.8 Å². The maximum Gasteiger partial charge on any atom is 0.246 e. The minimum absolute atomic E-state index is 0.0952. The average Bonchev–Trinajstić information content (AvgIpc) is 2.94. The van der Waals surface area contributed by atoms with Gasteiger partial charge in [-0.15, -0.1) is 11.8 Å². The summed E-state index contributed by atoms with van der Waals surface area (Å²) in [5, 5.41) is 8.72. The summed E-state index contributed by atoms with van der Waals surface area (Å²) in [6.07, 6.45) is 3.71. The van der Waals surface area contributed by atoms with Crippen molar-refractivity contribution in [2.24, 2.45) is 5.41 Å². The molecule has 7 nitrogen and oxygen atoms in total. The molecule has 9 heteroatoms. The standard InChI is InChI=1S/C24H33FN4O3S/c1-24(2)12-20-29(23(32)18(9-10-33-20)27-19(30)13-26-3)21(24)22(31)28-17-6-4-5-14-11-15(25)7-8-16(14)17/h7-8,11,17-18,20-21,26H,4-6,9-10,12-13H2,1-3H3,(H,27,30)(H,28,31)/t17-,18+,20+,21-/m1/s1. The van der Waals surface area contributed by atoms with Crippen molar-refractivity contribution < 1.29 is 18.8 Å². The third-order valence-electron chi connectivity index (χ3n) is 6.96. The SMILES string of the molecule is CNCC(=O)N[C@H]1CCS[C@H]2CC(C)(C)[C@@H](C(=O)N[C@@H]3CCCc4cc(F)ccc43)N2C1=O. The summed E-state index contributed by atoms with van der Waals surface area (Å²) in [5.74, 6) is -0.125. The van der Waals surface area contributed by atoms with Gasteiger partial charge in [-0.1, -0.05) is 19.9 Å². The number of rotatable bonds is 5. The van der Waals surface area contributed by atoms with Crippen molar-refractivity contribution >= 4 is 29.5 Å². The molecule has 4 atom stereocenters. The van der Waals surface area contributed by atoms with Gasteiger partial charge in [0.2, 0.25) is 17.7 Å². The highest BCUT2D eigenvalue weighted by molar-refractivity contribution is 7.99. The van der Waals surface area contributed by atoms with E-state index in [0.717, 1.165) is 36.1 Å². The number of likely N-dealkylation sites (N-methyl/N-ethyl adjacent to an activating group) is 1. The van der Waals surface area contributed by atoms with Crippen molar-refractivity contribution in [2.75, 3.05) is 19.3 Å². The lowest BCUT2D eigenvalue weighted by Gasteiger charge is -2.36. The molecule has 0 spiro atoms. The third kappa shape index (κ3) is 4.89. The van der Waals surface area contributed by atoms with Crippen molar-refractivity contribution in [3.8, 4) is 0 Å². The minimum atomic E-state index is -0.633. The van der Waals surface area contributed by atoms with Crippen LogP contribution in [0.3, 0.4) is 0 Å². The second kappa shape index (κ2) is 9.62. The molecular weight excluding hydrogens is 443 g/mol. The van der Waals surface area contributed by atoms with Gasteiger partial charge >= 0.3 is 0 Å². The number of carbonyl (C=O) groups excluding carboxylic acids is 3. The van der Waals surface area contributed by atoms with Crippen LogP contribution < -0.4 is 16.0 Å². The Morgan fingerprint density at radius 1 is 1.21 bits per heavy atom. The van der Waals surface area contributed by atoms with Gasteiger partial charge in [0.05, 0.1) is 18.0 Å². The second-order valence-corrected chi connectivity index (χ2v) is 11.2. The van der Waals surface area contributed by atoms with Crippen molar-refractivity contribution in [2.45, 2.75) is 69.5 Å². The summed E-state index contributed by atoms with van der Waals surface area (Å²) in [6, 6.07) is 3.29. The maximum atomic E-state index is 13.7. The number of hydrogen-bond donors (Lipinski definition) is 3. The Hall–Kier alpha value is -2.13. The summed E-state index contributed by atoms with van der Waals surface area (Å²) >= 11 is 1.68. The molecule has 0 radical (unpaired) electrons. The first kappa shape index (κ1) is 24.0. The summed E-state index contributed by atoms with van der Waals surface area (Å²) in [7, 11) is 1.68. The van der Waals surface area contributed by atoms with Crippen LogP contribution in [0.15, 0.2) is 18.2 Å². The molecule has 0 saturated carbocycles. The van der Waals surface area contributed by atoms with E-state index in [1.54, 1.807) is 35.8 Å². The Kier molecular flexibility index (Phi) is 7.00. The first-order valence-electron chi connectivity index (χ1n) is 11.7. The number of aryl methyl sites for hydroxylation is 1. The zero-order chi connectivity index (χ0) is 23.8. The van der Waals surface area contributed by atoms with Gasteiger partial charge in [0.1, 0.15) is 17.9 Å². The van der Waals surface area contributed by atoms with Crippen LogP contribution in [0, 0.1) is 11.2 Å². The summed E-state index contributed by atoms with van der Waals surface area (Å²) in [5.41, 5.74) is 1.48. The second-order valence-electron chi connectivity index (χ2n) is 9.90. The number of carbonyl (C=O) groups is 3. The number of amides is 3. The van der Waals surface area contributed by atoms with Gasteiger partial charge in [-0.05, 0) is 73.6 Å². The number of halogens is 1. The molecule has 4 rings (SSSR count). The predicted octanol–water partition coefficient (Wildman–Crippen LogP) is 2.11. The van der Waals surface area contributed by atoms with Crippen LogP contribution in [0.25, 0.3) is 0 Å². The topological polar surface area (TPSA) is 90.5 Å². The zero-order valence-corrected chi connectivity index (χ0v) is 20.3. The molecule has 3 amide bonds. The van der Waals surface area contributed by atoms with Gasteiger partial charge in [-0.25, -0.2) is 4.39 Å². The quantitative estimate of drug-likeness (QED) is 0.606. The van der Waals surface area contributed by atoms with E-state index in [2.05, 4.69) is 16.0 Å². The molecule has 33 heavy (non-hydrogen) atoms. The summed E-state index contributed by atoms with van der Waals surface area (Å²) in [6.45, 7) is 4.19. The number of fused-ring (bicyclic) bond motifs is 2. The van der Waals surface area contributed by atoms with E-state index in [4.69, 9.17) is 0 Å². The number of thioether (sulfide) groups is 1. The molecular formula is C24H33FN4O3S. The highest BCUT2D eigenvalue weighted by atomic mass is 32.2. The van der Waals surface area contributed by atoms with Crippen LogP contribution in [0.4, 0.5) is 4.39 Å². The number of benzene rings is 1. The predicted molar refractivity (Wildman–Crippen MR) is 126 cm³/mol. The van der Waals surface area contributed by atoms with Crippen LogP contribution in [-0.4, -0.2) is 59.4 Å². The van der Waals surface area contributed by atoms with E-state index in [0.29, 0.717) is 12.8 Å². The van der Waals surface area contributed by atoms with Crippen molar-refractivity contribution in [1.82, 2.24) is 20.9 Å². The lowest BCUT2D eigenvalue weighted by Crippen LogP contribution is -2.57. The summed E-state index contributed by atoms with van der Waals surface area (Å²) in [4.78, 5) is 41.1. The molecule has 3 aliphatic rings. The lowest BCUT2D eigenvalue weighted by atomic mass is 9.83. The number of nitrogens with one attached hydrogen (secondary N) is 3. The van der Waals surface area contributed by atoms with Crippen LogP contribution in [0.1, 0.15) is 56.7 Å². The Labute approximate surface area is 198 Å². The van der Waals surface area contributed by atoms with Crippen molar-refractivity contribution in [1.29, 1.82) is 0 Å². The molecule has 1 aromatic carbocycles. The fourth-order valence-electron chi connectivity index (χ4n) is 5.44. The average molecular weight is 477 g/mol. The van der Waals surface area contributed by atoms with Gasteiger partial charge in [0, 0.05) is 0 Å². The molecule has 1 aromatic rings. The molecule has 180 valence electrons. The molecule has 0 unspecified atom stereocenters. The van der Waals surface area contributed by atoms with Gasteiger partial charge in [-0.3, -0.25) is 14.4 Å². The largest absolute Gasteiger partial charge is 0.347 e. The van der Waals surface area contributed by atoms with Gasteiger partial charge < -0.3 is 20.9 Å². The van der Waals surface area contributed by atoms with E-state index in [9.17, 15) is 18.8 Å². The maximum absolute atomic E-state index is 13.7. The molecule has 0 bridgehead atoms. The fourth-order valence-corrected chi connectivity index (χ4v) is 7.02. The van der Waals surface area contributed by atoms with E-state index < -0.39 is 17.5 Å². The Balaban J connectivity index is 1.56. The zero-order valence-electron chi connectivity index (χ0n) is 19.4. The molecule has 2 fully saturated rings. The molecule has 2 saturated heterocycles. The van der Waals surface area contributed by atoms with Gasteiger partial charge in [0.15, 0.2) is 0 Å². The van der Waals surface area contributed by atoms with Gasteiger partial charge in [0.25, 0.3) is 0 Å². The molecule has 3 N–H and O–H groups in total. The lowest BCUT2D eigenvalue weighted by molar-refractivity contribution is -0.143. The fraction of sp³-hybridized carbons (Fsp3) is 0.625. The van der Waals surface area contributed by atoms with Crippen molar-refractivity contribution in [3.05, 3.63) is 35.1 Å². The van der Waals surface area contributed by atoms with E-state index in [1.165, 1.54) is 6.07 Å². The molecule has 2 heterocycles. The summed E-state index contributed by atoms with van der Waals surface area (Å²) < 4.78 is 13.7. The monoisotopic (exact) mass is 476 g/mol. The van der Waals surface area contributed by atoms with Crippen LogP contribution in [0.5, 0.6) is 0 Å². The highest BCUT2D eigenvalue weighted by Gasteiger charge is 2.54. The van der Waals surface area contributed by atoms with Crippen LogP contribution in [0.2, 0.25) is 0 Å². The highest BCUT2D eigenvalue weighted by Crippen LogP contribution is 2.46. The number of nitrogens with zero attached hydrogens (tertiary/aromatic N) is 1. The van der Waals surface area contributed by atoms with Crippen LogP contribution in [-0.2, 0) is 20.8 Å². The van der Waals surface area contributed by atoms with Crippen molar-refractivity contribution in [3.63, 3.8) is 0 Å².